The first-order chi connectivity index (χ1) is 13.1. The van der Waals surface area contributed by atoms with Gasteiger partial charge in [-0.1, -0.05) is 6.92 Å². The van der Waals surface area contributed by atoms with E-state index in [1.165, 1.54) is 16.4 Å². The number of anilines is 1. The Morgan fingerprint density at radius 3 is 2.46 bits per heavy atom. The summed E-state index contributed by atoms with van der Waals surface area (Å²) >= 11 is 0. The molecule has 156 valence electrons. The van der Waals surface area contributed by atoms with Gasteiger partial charge >= 0.3 is 6.03 Å². The van der Waals surface area contributed by atoms with Gasteiger partial charge in [0.25, 0.3) is 0 Å². The van der Waals surface area contributed by atoms with Gasteiger partial charge in [-0.05, 0) is 51.0 Å². The summed E-state index contributed by atoms with van der Waals surface area (Å²) in [5.41, 5.74) is 0.524. The van der Waals surface area contributed by atoms with Crippen LogP contribution >= 0.6 is 0 Å². The van der Waals surface area contributed by atoms with E-state index in [9.17, 15) is 18.0 Å². The van der Waals surface area contributed by atoms with Crippen LogP contribution in [0.5, 0.6) is 0 Å². The van der Waals surface area contributed by atoms with Crippen molar-refractivity contribution in [2.75, 3.05) is 25.5 Å². The van der Waals surface area contributed by atoms with Crippen molar-refractivity contribution in [3.63, 3.8) is 0 Å². The minimum atomic E-state index is -3.56. The third-order valence-electron chi connectivity index (χ3n) is 4.90. The molecule has 1 aliphatic heterocycles. The lowest BCUT2D eigenvalue weighted by Gasteiger charge is -2.33. The standard InChI is InChI=1S/C19H30N4O4S/c1-5-18(24)20-16-7-6-12-23(13-16)19(25)21-15-8-10-17(11-9-15)28(26,27)22(4)14(2)3/h8-11,14,16H,5-7,12-13H2,1-4H3,(H,20,24)(H,21,25). The summed E-state index contributed by atoms with van der Waals surface area (Å²) in [6.07, 6.45) is 2.09. The summed E-state index contributed by atoms with van der Waals surface area (Å²) in [6, 6.07) is 5.70. The second-order valence-electron chi connectivity index (χ2n) is 7.28. The van der Waals surface area contributed by atoms with Gasteiger partial charge in [0.05, 0.1) is 4.90 Å². The summed E-state index contributed by atoms with van der Waals surface area (Å²) in [5.74, 6) is -0.0181. The fourth-order valence-electron chi connectivity index (χ4n) is 2.97. The largest absolute Gasteiger partial charge is 0.352 e. The zero-order valence-electron chi connectivity index (χ0n) is 16.9. The molecular formula is C19H30N4O4S. The van der Waals surface area contributed by atoms with Gasteiger partial charge in [-0.2, -0.15) is 4.31 Å². The van der Waals surface area contributed by atoms with Gasteiger partial charge in [-0.15, -0.1) is 0 Å². The van der Waals surface area contributed by atoms with Crippen LogP contribution in [-0.4, -0.2) is 61.8 Å². The molecule has 0 bridgehead atoms. The number of likely N-dealkylation sites (tertiary alicyclic amines) is 1. The van der Waals surface area contributed by atoms with Crippen LogP contribution in [-0.2, 0) is 14.8 Å². The number of carbonyl (C=O) groups is 2. The minimum Gasteiger partial charge on any atom is -0.352 e. The Balaban J connectivity index is 2.00. The van der Waals surface area contributed by atoms with Crippen molar-refractivity contribution in [1.82, 2.24) is 14.5 Å². The summed E-state index contributed by atoms with van der Waals surface area (Å²) < 4.78 is 26.3. The topological polar surface area (TPSA) is 98.8 Å². The van der Waals surface area contributed by atoms with Crippen LogP contribution < -0.4 is 10.6 Å². The second kappa shape index (κ2) is 9.38. The number of nitrogens with one attached hydrogen (secondary N) is 2. The number of nitrogens with zero attached hydrogens (tertiary/aromatic N) is 2. The summed E-state index contributed by atoms with van der Waals surface area (Å²) in [4.78, 5) is 25.9. The zero-order chi connectivity index (χ0) is 20.9. The van der Waals surface area contributed by atoms with E-state index < -0.39 is 10.0 Å². The van der Waals surface area contributed by atoms with Gasteiger partial charge in [0.15, 0.2) is 0 Å². The predicted octanol–water partition coefficient (Wildman–Crippen LogP) is 2.24. The van der Waals surface area contributed by atoms with Crippen molar-refractivity contribution in [3.05, 3.63) is 24.3 Å². The van der Waals surface area contributed by atoms with Crippen molar-refractivity contribution in [1.29, 1.82) is 0 Å². The summed E-state index contributed by atoms with van der Waals surface area (Å²) in [7, 11) is -2.01. The Kier molecular flexibility index (Phi) is 7.42. The highest BCUT2D eigenvalue weighted by molar-refractivity contribution is 7.89. The van der Waals surface area contributed by atoms with Crippen LogP contribution in [0.15, 0.2) is 29.2 Å². The number of urea groups is 1. The molecule has 1 fully saturated rings. The number of carbonyl (C=O) groups excluding carboxylic acids is 2. The number of amides is 3. The summed E-state index contributed by atoms with van der Waals surface area (Å²) in [6.45, 7) is 6.49. The number of rotatable bonds is 6. The lowest BCUT2D eigenvalue weighted by Crippen LogP contribution is -2.50. The molecule has 1 atom stereocenters. The number of benzene rings is 1. The molecule has 1 heterocycles. The molecule has 1 aromatic carbocycles. The molecule has 0 radical (unpaired) electrons. The van der Waals surface area contributed by atoms with Crippen LogP contribution in [0.1, 0.15) is 40.0 Å². The molecule has 1 unspecified atom stereocenters. The molecule has 1 aromatic rings. The normalized spacial score (nSPS) is 17.6. The van der Waals surface area contributed by atoms with Gasteiger partial charge in [-0.3, -0.25) is 4.79 Å². The first-order valence-electron chi connectivity index (χ1n) is 9.58. The molecular weight excluding hydrogens is 380 g/mol. The van der Waals surface area contributed by atoms with E-state index in [1.54, 1.807) is 44.9 Å². The maximum Gasteiger partial charge on any atom is 0.321 e. The Morgan fingerprint density at radius 2 is 1.89 bits per heavy atom. The molecule has 0 aliphatic carbocycles. The first kappa shape index (κ1) is 22.2. The van der Waals surface area contributed by atoms with Crippen LogP contribution in [0.25, 0.3) is 0 Å². The van der Waals surface area contributed by atoms with Crippen LogP contribution in [0.4, 0.5) is 10.5 Å². The van der Waals surface area contributed by atoms with Crippen molar-refractivity contribution >= 4 is 27.6 Å². The van der Waals surface area contributed by atoms with Crippen LogP contribution in [0, 0.1) is 0 Å². The molecule has 1 saturated heterocycles. The van der Waals surface area contributed by atoms with Crippen LogP contribution in [0.2, 0.25) is 0 Å². The maximum absolute atomic E-state index is 12.5. The molecule has 0 spiro atoms. The smallest absolute Gasteiger partial charge is 0.321 e. The van der Waals surface area contributed by atoms with Gasteiger partial charge < -0.3 is 15.5 Å². The van der Waals surface area contributed by atoms with E-state index in [2.05, 4.69) is 10.6 Å². The van der Waals surface area contributed by atoms with Gasteiger partial charge in [0, 0.05) is 44.3 Å². The summed E-state index contributed by atoms with van der Waals surface area (Å²) in [5, 5.41) is 5.73. The maximum atomic E-state index is 12.5. The van der Waals surface area contributed by atoms with Gasteiger partial charge in [0.2, 0.25) is 15.9 Å². The average Bonchev–Trinajstić information content (AvgIpc) is 2.67. The number of sulfonamides is 1. The van der Waals surface area contributed by atoms with Crippen LogP contribution in [0.3, 0.4) is 0 Å². The van der Waals surface area contributed by atoms with Crippen molar-refractivity contribution in [3.8, 4) is 0 Å². The molecule has 0 saturated carbocycles. The Hall–Kier alpha value is -2.13. The highest BCUT2D eigenvalue weighted by Gasteiger charge is 2.25. The SMILES string of the molecule is CCC(=O)NC1CCCN(C(=O)Nc2ccc(S(=O)(=O)N(C)C(C)C)cc2)C1. The zero-order valence-corrected chi connectivity index (χ0v) is 17.8. The Morgan fingerprint density at radius 1 is 1.25 bits per heavy atom. The van der Waals surface area contributed by atoms with Crippen molar-refractivity contribution in [2.45, 2.75) is 57.0 Å². The fraction of sp³-hybridized carbons (Fsp3) is 0.579. The van der Waals surface area contributed by atoms with Gasteiger partial charge in [-0.25, -0.2) is 13.2 Å². The van der Waals surface area contributed by atoms with E-state index in [1.807, 2.05) is 0 Å². The van der Waals surface area contributed by atoms with E-state index in [0.29, 0.717) is 25.2 Å². The van der Waals surface area contributed by atoms with E-state index in [0.717, 1.165) is 12.8 Å². The lowest BCUT2D eigenvalue weighted by atomic mass is 10.1. The lowest BCUT2D eigenvalue weighted by molar-refractivity contribution is -0.121. The molecule has 2 rings (SSSR count). The predicted molar refractivity (Wildman–Crippen MR) is 109 cm³/mol. The molecule has 8 nitrogen and oxygen atoms in total. The monoisotopic (exact) mass is 410 g/mol. The quantitative estimate of drug-likeness (QED) is 0.751. The van der Waals surface area contributed by atoms with E-state index in [-0.39, 0.29) is 28.9 Å². The van der Waals surface area contributed by atoms with E-state index in [4.69, 9.17) is 0 Å². The highest BCUT2D eigenvalue weighted by atomic mass is 32.2. The molecule has 3 amide bonds. The number of hydrogen-bond donors (Lipinski definition) is 2. The van der Waals surface area contributed by atoms with Crippen molar-refractivity contribution < 1.29 is 18.0 Å². The Labute approximate surface area is 167 Å². The number of hydrogen-bond acceptors (Lipinski definition) is 4. The third-order valence-corrected chi connectivity index (χ3v) is 6.95. The minimum absolute atomic E-state index is 0.0181. The molecule has 1 aliphatic rings. The number of piperidine rings is 1. The average molecular weight is 411 g/mol. The Bertz CT molecular complexity index is 793. The first-order valence-corrected chi connectivity index (χ1v) is 11.0. The van der Waals surface area contributed by atoms with Gasteiger partial charge in [0.1, 0.15) is 0 Å². The highest BCUT2D eigenvalue weighted by Crippen LogP contribution is 2.20. The fourth-order valence-corrected chi connectivity index (χ4v) is 4.33. The molecule has 0 aromatic heterocycles. The third kappa shape index (κ3) is 5.45. The molecule has 2 N–H and O–H groups in total. The second-order valence-corrected chi connectivity index (χ2v) is 9.27. The molecule has 28 heavy (non-hydrogen) atoms. The molecule has 9 heteroatoms. The van der Waals surface area contributed by atoms with Crippen molar-refractivity contribution in [2.24, 2.45) is 0 Å². The van der Waals surface area contributed by atoms with E-state index >= 15 is 0 Å².